The average Bonchev–Trinajstić information content (AvgIpc) is 2.24. The summed E-state index contributed by atoms with van der Waals surface area (Å²) in [6, 6.07) is 1.52. The molecule has 0 aromatic heterocycles. The van der Waals surface area contributed by atoms with E-state index in [0.717, 1.165) is 0 Å². The maximum Gasteiger partial charge on any atom is 0.307 e. The summed E-state index contributed by atoms with van der Waals surface area (Å²) >= 11 is 3.12. The van der Waals surface area contributed by atoms with Crippen molar-refractivity contribution in [1.29, 1.82) is 0 Å². The molecule has 6 heteroatoms. The van der Waals surface area contributed by atoms with Crippen molar-refractivity contribution in [1.82, 2.24) is 0 Å². The second-order valence-corrected chi connectivity index (χ2v) is 4.10. The summed E-state index contributed by atoms with van der Waals surface area (Å²) < 4.78 is 24.6. The lowest BCUT2D eigenvalue weighted by molar-refractivity contribution is -0.136. The van der Waals surface area contributed by atoms with Crippen LogP contribution in [0.1, 0.15) is 5.56 Å². The molecule has 0 bridgehead atoms. The van der Waals surface area contributed by atoms with Gasteiger partial charge in [-0.25, -0.2) is 4.39 Å². The highest BCUT2D eigenvalue weighted by Crippen LogP contribution is 2.39. The molecule has 0 amide bonds. The van der Waals surface area contributed by atoms with Gasteiger partial charge in [-0.3, -0.25) is 4.79 Å². The van der Waals surface area contributed by atoms with Gasteiger partial charge in [0, 0.05) is 10.0 Å². The van der Waals surface area contributed by atoms with E-state index in [0.29, 0.717) is 16.8 Å². The van der Waals surface area contributed by atoms with Crippen molar-refractivity contribution < 1.29 is 23.8 Å². The molecule has 1 aliphatic rings. The number of rotatable bonds is 2. The first-order valence-electron chi connectivity index (χ1n) is 4.58. The molecule has 4 nitrogen and oxygen atoms in total. The van der Waals surface area contributed by atoms with E-state index in [-0.39, 0.29) is 17.9 Å². The molecule has 0 fully saturated rings. The van der Waals surface area contributed by atoms with E-state index in [9.17, 15) is 9.18 Å². The van der Waals surface area contributed by atoms with Gasteiger partial charge in [-0.15, -0.1) is 0 Å². The SMILES string of the molecule is O=C(O)Cc1c(Br)cc2c(c1F)OCCO2. The molecule has 16 heavy (non-hydrogen) atoms. The average molecular weight is 291 g/mol. The molecular weight excluding hydrogens is 283 g/mol. The molecule has 1 N–H and O–H groups in total. The Balaban J connectivity index is 2.49. The molecule has 0 saturated carbocycles. The summed E-state index contributed by atoms with van der Waals surface area (Å²) in [6.07, 6.45) is -0.400. The van der Waals surface area contributed by atoms with Crippen LogP contribution in [0.25, 0.3) is 0 Å². The van der Waals surface area contributed by atoms with Gasteiger partial charge in [-0.1, -0.05) is 15.9 Å². The van der Waals surface area contributed by atoms with Gasteiger partial charge in [0.2, 0.25) is 0 Å². The maximum absolute atomic E-state index is 13.9. The summed E-state index contributed by atoms with van der Waals surface area (Å²) in [6.45, 7) is 0.620. The Morgan fingerprint density at radius 3 is 2.88 bits per heavy atom. The lowest BCUT2D eigenvalue weighted by Crippen LogP contribution is -2.17. The van der Waals surface area contributed by atoms with Crippen LogP contribution in [0.2, 0.25) is 0 Å². The van der Waals surface area contributed by atoms with Crippen LogP contribution in [-0.2, 0) is 11.2 Å². The number of hydrogen-bond donors (Lipinski definition) is 1. The molecule has 0 spiro atoms. The van der Waals surface area contributed by atoms with Crippen LogP contribution < -0.4 is 9.47 Å². The Kier molecular flexibility index (Phi) is 3.00. The van der Waals surface area contributed by atoms with Crippen molar-refractivity contribution in [3.63, 3.8) is 0 Å². The van der Waals surface area contributed by atoms with Crippen molar-refractivity contribution in [3.05, 3.63) is 21.9 Å². The second-order valence-electron chi connectivity index (χ2n) is 3.25. The third-order valence-electron chi connectivity index (χ3n) is 2.15. The highest BCUT2D eigenvalue weighted by molar-refractivity contribution is 9.10. The number of ether oxygens (including phenoxy) is 2. The van der Waals surface area contributed by atoms with E-state index in [2.05, 4.69) is 15.9 Å². The normalized spacial score (nSPS) is 13.6. The minimum atomic E-state index is -1.10. The fourth-order valence-electron chi connectivity index (χ4n) is 1.47. The van der Waals surface area contributed by atoms with Crippen LogP contribution in [0.15, 0.2) is 10.5 Å². The summed E-state index contributed by atoms with van der Waals surface area (Å²) in [7, 11) is 0. The van der Waals surface area contributed by atoms with Crippen LogP contribution in [0.4, 0.5) is 4.39 Å². The molecule has 0 saturated heterocycles. The Hall–Kier alpha value is -1.30. The number of carboxylic acid groups (broad SMARTS) is 1. The minimum absolute atomic E-state index is 0.00861. The summed E-state index contributed by atoms with van der Waals surface area (Å²) in [5.74, 6) is -1.49. The summed E-state index contributed by atoms with van der Waals surface area (Å²) in [4.78, 5) is 10.6. The first-order valence-corrected chi connectivity index (χ1v) is 5.37. The molecule has 86 valence electrons. The Labute approximate surface area is 99.1 Å². The number of fused-ring (bicyclic) bond motifs is 1. The van der Waals surface area contributed by atoms with Gasteiger partial charge in [-0.05, 0) is 6.07 Å². The van der Waals surface area contributed by atoms with Crippen molar-refractivity contribution in [2.45, 2.75) is 6.42 Å². The molecule has 1 aromatic carbocycles. The second kappa shape index (κ2) is 4.29. The molecule has 0 aliphatic carbocycles. The lowest BCUT2D eigenvalue weighted by atomic mass is 10.1. The fraction of sp³-hybridized carbons (Fsp3) is 0.300. The van der Waals surface area contributed by atoms with E-state index < -0.39 is 18.2 Å². The van der Waals surface area contributed by atoms with E-state index in [1.54, 1.807) is 0 Å². The Bertz CT molecular complexity index is 447. The van der Waals surface area contributed by atoms with Crippen LogP contribution in [-0.4, -0.2) is 24.3 Å². The third-order valence-corrected chi connectivity index (χ3v) is 2.86. The van der Waals surface area contributed by atoms with Gasteiger partial charge in [-0.2, -0.15) is 0 Å². The smallest absolute Gasteiger partial charge is 0.307 e. The molecule has 0 atom stereocenters. The van der Waals surface area contributed by atoms with Crippen molar-refractivity contribution in [3.8, 4) is 11.5 Å². The number of benzene rings is 1. The van der Waals surface area contributed by atoms with Crippen LogP contribution in [0.5, 0.6) is 11.5 Å². The summed E-state index contributed by atoms with van der Waals surface area (Å²) in [5, 5.41) is 8.66. The van der Waals surface area contributed by atoms with E-state index >= 15 is 0 Å². The zero-order valence-electron chi connectivity index (χ0n) is 8.13. The minimum Gasteiger partial charge on any atom is -0.486 e. The Morgan fingerprint density at radius 1 is 1.50 bits per heavy atom. The highest BCUT2D eigenvalue weighted by atomic mass is 79.9. The van der Waals surface area contributed by atoms with E-state index in [1.165, 1.54) is 6.07 Å². The predicted octanol–water partition coefficient (Wildman–Crippen LogP) is 1.99. The molecule has 1 aliphatic heterocycles. The quantitative estimate of drug-likeness (QED) is 0.905. The molecule has 1 heterocycles. The largest absolute Gasteiger partial charge is 0.486 e. The van der Waals surface area contributed by atoms with Crippen LogP contribution in [0.3, 0.4) is 0 Å². The van der Waals surface area contributed by atoms with Gasteiger partial charge >= 0.3 is 5.97 Å². The van der Waals surface area contributed by atoms with Crippen molar-refractivity contribution in [2.75, 3.05) is 13.2 Å². The first kappa shape index (κ1) is 11.2. The standard InChI is InChI=1S/C10H8BrFO4/c11-6-4-7-10(16-2-1-15-7)9(12)5(6)3-8(13)14/h4H,1-3H2,(H,13,14). The molecule has 2 rings (SSSR count). The number of carboxylic acids is 1. The maximum atomic E-state index is 13.9. The first-order chi connectivity index (χ1) is 7.59. The predicted molar refractivity (Wildman–Crippen MR) is 56.4 cm³/mol. The Morgan fingerprint density at radius 2 is 2.19 bits per heavy atom. The van der Waals surface area contributed by atoms with Gasteiger partial charge in [0.25, 0.3) is 0 Å². The molecular formula is C10H8BrFO4. The fourth-order valence-corrected chi connectivity index (χ4v) is 1.99. The number of hydrogen-bond acceptors (Lipinski definition) is 3. The number of halogens is 2. The number of carbonyl (C=O) groups is 1. The van der Waals surface area contributed by atoms with Crippen LogP contribution >= 0.6 is 15.9 Å². The third kappa shape index (κ3) is 1.97. The molecule has 0 unspecified atom stereocenters. The van der Waals surface area contributed by atoms with E-state index in [4.69, 9.17) is 14.6 Å². The van der Waals surface area contributed by atoms with Gasteiger partial charge < -0.3 is 14.6 Å². The monoisotopic (exact) mass is 290 g/mol. The van der Waals surface area contributed by atoms with E-state index in [1.807, 2.05) is 0 Å². The zero-order chi connectivity index (χ0) is 11.7. The van der Waals surface area contributed by atoms with Crippen molar-refractivity contribution >= 4 is 21.9 Å². The van der Waals surface area contributed by atoms with Crippen molar-refractivity contribution in [2.24, 2.45) is 0 Å². The highest BCUT2D eigenvalue weighted by Gasteiger charge is 2.23. The molecule has 0 radical (unpaired) electrons. The zero-order valence-corrected chi connectivity index (χ0v) is 9.71. The van der Waals surface area contributed by atoms with Crippen LogP contribution in [0, 0.1) is 5.82 Å². The van der Waals surface area contributed by atoms with Gasteiger partial charge in [0.05, 0.1) is 6.42 Å². The summed E-state index contributed by atoms with van der Waals surface area (Å²) in [5.41, 5.74) is 0.0664. The number of aliphatic carboxylic acids is 1. The lowest BCUT2D eigenvalue weighted by Gasteiger charge is -2.20. The van der Waals surface area contributed by atoms with Gasteiger partial charge in [0.15, 0.2) is 17.3 Å². The molecule has 1 aromatic rings. The topological polar surface area (TPSA) is 55.8 Å². The van der Waals surface area contributed by atoms with Gasteiger partial charge in [0.1, 0.15) is 13.2 Å².